The number of nitrogens with one attached hydrogen (secondary N) is 1. The molecule has 3 nitrogen and oxygen atoms in total. The van der Waals surface area contributed by atoms with E-state index in [-0.39, 0.29) is 0 Å². The van der Waals surface area contributed by atoms with Gasteiger partial charge in [0.1, 0.15) is 0 Å². The minimum absolute atomic E-state index is 0.508. The summed E-state index contributed by atoms with van der Waals surface area (Å²) in [4.78, 5) is 2.54. The van der Waals surface area contributed by atoms with Crippen LogP contribution in [0.4, 0.5) is 0 Å². The van der Waals surface area contributed by atoms with Crippen LogP contribution < -0.4 is 5.32 Å². The van der Waals surface area contributed by atoms with Crippen molar-refractivity contribution in [1.29, 1.82) is 0 Å². The average Bonchev–Trinajstić information content (AvgIpc) is 2.19. The maximum atomic E-state index is 5.75. The number of ether oxygens (including phenoxy) is 1. The fourth-order valence-electron chi connectivity index (χ4n) is 2.42. The molecule has 2 aliphatic heterocycles. The highest BCUT2D eigenvalue weighted by atomic mass is 16.5. The molecule has 3 heteroatoms. The van der Waals surface area contributed by atoms with E-state index in [9.17, 15) is 0 Å². The molecule has 0 aromatic heterocycles. The molecule has 0 spiro atoms. The molecule has 0 saturated carbocycles. The lowest BCUT2D eigenvalue weighted by atomic mass is 10.1. The lowest BCUT2D eigenvalue weighted by Crippen LogP contribution is -2.51. The number of piperazine rings is 1. The molecule has 1 N–H and O–H groups in total. The van der Waals surface area contributed by atoms with Crippen LogP contribution >= 0.6 is 0 Å². The van der Waals surface area contributed by atoms with Crippen LogP contribution in [0.3, 0.4) is 0 Å². The maximum Gasteiger partial charge on any atom is 0.0702 e. The third-order valence-corrected chi connectivity index (χ3v) is 3.19. The molecule has 0 aliphatic carbocycles. The number of rotatable bonds is 2. The lowest BCUT2D eigenvalue weighted by molar-refractivity contribution is -0.00964. The van der Waals surface area contributed by atoms with E-state index in [1.165, 1.54) is 32.4 Å². The molecule has 2 aliphatic rings. The monoisotopic (exact) mass is 198 g/mol. The summed E-state index contributed by atoms with van der Waals surface area (Å²) >= 11 is 0. The van der Waals surface area contributed by atoms with Crippen molar-refractivity contribution >= 4 is 0 Å². The minimum atomic E-state index is 0.508. The van der Waals surface area contributed by atoms with Crippen LogP contribution in [-0.4, -0.2) is 49.8 Å². The Morgan fingerprint density at radius 3 is 3.07 bits per heavy atom. The summed E-state index contributed by atoms with van der Waals surface area (Å²) in [7, 11) is 0. The molecule has 1 unspecified atom stereocenters. The summed E-state index contributed by atoms with van der Waals surface area (Å²) < 4.78 is 5.75. The second-order valence-electron chi connectivity index (χ2n) is 4.60. The molecular weight excluding hydrogens is 176 g/mol. The van der Waals surface area contributed by atoms with Crippen molar-refractivity contribution < 1.29 is 4.74 Å². The summed E-state index contributed by atoms with van der Waals surface area (Å²) in [6.07, 6.45) is 4.38. The van der Waals surface area contributed by atoms with E-state index < -0.39 is 0 Å². The molecule has 2 atom stereocenters. The summed E-state index contributed by atoms with van der Waals surface area (Å²) in [5.74, 6) is 0. The zero-order chi connectivity index (χ0) is 9.80. The van der Waals surface area contributed by atoms with Gasteiger partial charge in [-0.3, -0.25) is 4.90 Å². The van der Waals surface area contributed by atoms with Gasteiger partial charge in [0, 0.05) is 38.8 Å². The Balaban J connectivity index is 1.72. The molecule has 2 rings (SSSR count). The molecule has 2 fully saturated rings. The zero-order valence-corrected chi connectivity index (χ0v) is 9.17. The predicted octanol–water partition coefficient (Wildman–Crippen LogP) is 0.849. The third kappa shape index (κ3) is 2.94. The molecular formula is C11H22N2O. The Kier molecular flexibility index (Phi) is 3.79. The number of hydrogen-bond acceptors (Lipinski definition) is 3. The van der Waals surface area contributed by atoms with E-state index in [1.54, 1.807) is 0 Å². The second-order valence-corrected chi connectivity index (χ2v) is 4.60. The van der Waals surface area contributed by atoms with E-state index in [1.807, 2.05) is 0 Å². The van der Waals surface area contributed by atoms with Crippen molar-refractivity contribution in [2.24, 2.45) is 0 Å². The van der Waals surface area contributed by atoms with Gasteiger partial charge in [-0.2, -0.15) is 0 Å². The molecule has 2 saturated heterocycles. The van der Waals surface area contributed by atoms with Crippen molar-refractivity contribution in [3.05, 3.63) is 0 Å². The second kappa shape index (κ2) is 5.10. The molecule has 2 heterocycles. The molecule has 0 amide bonds. The first kappa shape index (κ1) is 10.4. The van der Waals surface area contributed by atoms with Gasteiger partial charge in [0.2, 0.25) is 0 Å². The van der Waals surface area contributed by atoms with Crippen molar-refractivity contribution in [2.45, 2.75) is 38.3 Å². The predicted molar refractivity (Wildman–Crippen MR) is 57.5 cm³/mol. The van der Waals surface area contributed by atoms with Gasteiger partial charge in [-0.05, 0) is 26.2 Å². The fraction of sp³-hybridized carbons (Fsp3) is 1.00. The van der Waals surface area contributed by atoms with Gasteiger partial charge in [-0.1, -0.05) is 0 Å². The SMILES string of the molecule is C[C@H]1CN(CC2CCCCO2)CCN1. The molecule has 14 heavy (non-hydrogen) atoms. The topological polar surface area (TPSA) is 24.5 Å². The first-order chi connectivity index (χ1) is 6.84. The van der Waals surface area contributed by atoms with Gasteiger partial charge < -0.3 is 10.1 Å². The van der Waals surface area contributed by atoms with Crippen LogP contribution in [0.15, 0.2) is 0 Å². The standard InChI is InChI=1S/C11H22N2O/c1-10-8-13(6-5-12-10)9-11-4-2-3-7-14-11/h10-12H,2-9H2,1H3/t10-,11?/m0/s1. The molecule has 82 valence electrons. The van der Waals surface area contributed by atoms with Crippen LogP contribution in [0.5, 0.6) is 0 Å². The van der Waals surface area contributed by atoms with Gasteiger partial charge in [-0.15, -0.1) is 0 Å². The van der Waals surface area contributed by atoms with Crippen molar-refractivity contribution in [3.8, 4) is 0 Å². The van der Waals surface area contributed by atoms with E-state index in [0.29, 0.717) is 12.1 Å². The normalized spacial score (nSPS) is 35.8. The maximum absolute atomic E-state index is 5.75. The number of hydrogen-bond donors (Lipinski definition) is 1. The summed E-state index contributed by atoms with van der Waals surface area (Å²) in [6, 6.07) is 0.646. The summed E-state index contributed by atoms with van der Waals surface area (Å²) in [5, 5.41) is 3.47. The van der Waals surface area contributed by atoms with E-state index in [2.05, 4.69) is 17.1 Å². The van der Waals surface area contributed by atoms with Gasteiger partial charge in [0.15, 0.2) is 0 Å². The Labute approximate surface area is 86.8 Å². The molecule has 0 bridgehead atoms. The highest BCUT2D eigenvalue weighted by Gasteiger charge is 2.21. The Bertz CT molecular complexity index is 169. The van der Waals surface area contributed by atoms with Crippen LogP contribution in [-0.2, 0) is 4.74 Å². The van der Waals surface area contributed by atoms with Crippen molar-refractivity contribution in [3.63, 3.8) is 0 Å². The van der Waals surface area contributed by atoms with Gasteiger partial charge >= 0.3 is 0 Å². The summed E-state index contributed by atoms with van der Waals surface area (Å²) in [5.41, 5.74) is 0. The highest BCUT2D eigenvalue weighted by molar-refractivity contribution is 4.78. The zero-order valence-electron chi connectivity index (χ0n) is 9.17. The largest absolute Gasteiger partial charge is 0.377 e. The molecule has 0 aromatic carbocycles. The van der Waals surface area contributed by atoms with Crippen LogP contribution in [0.2, 0.25) is 0 Å². The van der Waals surface area contributed by atoms with Crippen molar-refractivity contribution in [1.82, 2.24) is 10.2 Å². The Morgan fingerprint density at radius 2 is 2.36 bits per heavy atom. The van der Waals surface area contributed by atoms with Gasteiger partial charge in [0.25, 0.3) is 0 Å². The van der Waals surface area contributed by atoms with Crippen LogP contribution in [0.1, 0.15) is 26.2 Å². The van der Waals surface area contributed by atoms with Gasteiger partial charge in [-0.25, -0.2) is 0 Å². The quantitative estimate of drug-likeness (QED) is 0.712. The Hall–Kier alpha value is -0.120. The molecule has 0 radical (unpaired) electrons. The lowest BCUT2D eigenvalue weighted by Gasteiger charge is -2.35. The van der Waals surface area contributed by atoms with Crippen molar-refractivity contribution in [2.75, 3.05) is 32.8 Å². The van der Waals surface area contributed by atoms with Gasteiger partial charge in [0.05, 0.1) is 6.10 Å². The van der Waals surface area contributed by atoms with E-state index in [4.69, 9.17) is 4.74 Å². The van der Waals surface area contributed by atoms with E-state index >= 15 is 0 Å². The minimum Gasteiger partial charge on any atom is -0.377 e. The highest BCUT2D eigenvalue weighted by Crippen LogP contribution is 2.14. The average molecular weight is 198 g/mol. The van der Waals surface area contributed by atoms with E-state index in [0.717, 1.165) is 19.7 Å². The summed E-state index contributed by atoms with van der Waals surface area (Å²) in [6.45, 7) is 7.88. The third-order valence-electron chi connectivity index (χ3n) is 3.19. The number of nitrogens with zero attached hydrogens (tertiary/aromatic N) is 1. The molecule has 0 aromatic rings. The van der Waals surface area contributed by atoms with Crippen LogP contribution in [0, 0.1) is 0 Å². The fourth-order valence-corrected chi connectivity index (χ4v) is 2.42. The smallest absolute Gasteiger partial charge is 0.0702 e. The first-order valence-corrected chi connectivity index (χ1v) is 5.92. The van der Waals surface area contributed by atoms with Crippen LogP contribution in [0.25, 0.3) is 0 Å². The Morgan fingerprint density at radius 1 is 1.43 bits per heavy atom. The first-order valence-electron chi connectivity index (χ1n) is 5.92.